The van der Waals surface area contributed by atoms with Crippen molar-refractivity contribution in [3.05, 3.63) is 54.0 Å². The highest BCUT2D eigenvalue weighted by atomic mass is 16.3. The average molecular weight is 326 g/mol. The summed E-state index contributed by atoms with van der Waals surface area (Å²) in [5, 5.41) is 11.4. The molecule has 0 spiro atoms. The number of nitrogens with one attached hydrogen (secondary N) is 1. The van der Waals surface area contributed by atoms with Crippen molar-refractivity contribution in [2.24, 2.45) is 5.73 Å². The zero-order valence-corrected chi connectivity index (χ0v) is 13.1. The molecule has 1 aromatic heterocycles. The Hall–Kier alpha value is -3.11. The third kappa shape index (κ3) is 4.97. The number of rotatable bonds is 8. The molecule has 24 heavy (non-hydrogen) atoms. The third-order valence-electron chi connectivity index (χ3n) is 3.33. The number of furan rings is 1. The van der Waals surface area contributed by atoms with E-state index in [0.29, 0.717) is 31.0 Å². The minimum absolute atomic E-state index is 0.0650. The maximum absolute atomic E-state index is 12.3. The maximum atomic E-state index is 12.3. The standard InChI is InChI=1S/C17H18N4O3/c18-8-4-9-21(11-13-5-3-10-24-13)12-16(22)20-15-7-2-1-6-14(15)17(19)23/h1-3,5-7,10H,4,9,11-12H2,(H2,19,23)(H,20,22). The van der Waals surface area contributed by atoms with Gasteiger partial charge in [0, 0.05) is 13.0 Å². The van der Waals surface area contributed by atoms with E-state index in [9.17, 15) is 9.59 Å². The van der Waals surface area contributed by atoms with Crippen LogP contribution in [0.3, 0.4) is 0 Å². The predicted molar refractivity (Wildman–Crippen MR) is 87.8 cm³/mol. The molecule has 1 heterocycles. The van der Waals surface area contributed by atoms with E-state index in [1.54, 1.807) is 47.6 Å². The molecule has 0 aliphatic carbocycles. The van der Waals surface area contributed by atoms with Crippen molar-refractivity contribution in [2.45, 2.75) is 13.0 Å². The van der Waals surface area contributed by atoms with Gasteiger partial charge in [0.25, 0.3) is 5.91 Å². The van der Waals surface area contributed by atoms with Crippen molar-refractivity contribution >= 4 is 17.5 Å². The zero-order valence-electron chi connectivity index (χ0n) is 13.1. The largest absolute Gasteiger partial charge is 0.468 e. The van der Waals surface area contributed by atoms with Crippen LogP contribution in [0, 0.1) is 11.3 Å². The summed E-state index contributed by atoms with van der Waals surface area (Å²) in [6.45, 7) is 0.914. The number of hydrogen-bond donors (Lipinski definition) is 2. The van der Waals surface area contributed by atoms with Gasteiger partial charge >= 0.3 is 0 Å². The number of anilines is 1. The number of amides is 2. The van der Waals surface area contributed by atoms with Crippen LogP contribution in [0.1, 0.15) is 22.5 Å². The Balaban J connectivity index is 2.02. The van der Waals surface area contributed by atoms with Crippen LogP contribution in [0.4, 0.5) is 5.69 Å². The minimum atomic E-state index is -0.608. The number of carbonyl (C=O) groups excluding carboxylic acids is 2. The number of para-hydroxylation sites is 1. The highest BCUT2D eigenvalue weighted by molar-refractivity contribution is 6.03. The van der Waals surface area contributed by atoms with Crippen LogP contribution >= 0.6 is 0 Å². The molecule has 0 bridgehead atoms. The smallest absolute Gasteiger partial charge is 0.250 e. The van der Waals surface area contributed by atoms with Crippen LogP contribution in [0.5, 0.6) is 0 Å². The first-order valence-electron chi connectivity index (χ1n) is 7.40. The molecule has 3 N–H and O–H groups in total. The topological polar surface area (TPSA) is 112 Å². The molecule has 124 valence electrons. The van der Waals surface area contributed by atoms with Crippen molar-refractivity contribution in [3.63, 3.8) is 0 Å². The van der Waals surface area contributed by atoms with Crippen molar-refractivity contribution < 1.29 is 14.0 Å². The molecule has 2 rings (SSSR count). The Morgan fingerprint density at radius 2 is 2.04 bits per heavy atom. The molecule has 1 aromatic carbocycles. The number of primary amides is 1. The third-order valence-corrected chi connectivity index (χ3v) is 3.33. The molecule has 2 aromatic rings. The van der Waals surface area contributed by atoms with Crippen LogP contribution < -0.4 is 11.1 Å². The van der Waals surface area contributed by atoms with E-state index < -0.39 is 5.91 Å². The van der Waals surface area contributed by atoms with Crippen molar-refractivity contribution in [1.29, 1.82) is 5.26 Å². The fraction of sp³-hybridized carbons (Fsp3) is 0.235. The van der Waals surface area contributed by atoms with E-state index in [-0.39, 0.29) is 18.0 Å². The summed E-state index contributed by atoms with van der Waals surface area (Å²) in [6, 6.07) is 12.2. The summed E-state index contributed by atoms with van der Waals surface area (Å²) < 4.78 is 5.28. The predicted octanol–water partition coefficient (Wildman–Crippen LogP) is 1.73. The first kappa shape index (κ1) is 17.2. The van der Waals surface area contributed by atoms with E-state index in [1.165, 1.54) is 0 Å². The lowest BCUT2D eigenvalue weighted by atomic mass is 10.1. The normalized spacial score (nSPS) is 10.3. The van der Waals surface area contributed by atoms with Gasteiger partial charge in [-0.25, -0.2) is 0 Å². The average Bonchev–Trinajstić information content (AvgIpc) is 3.05. The summed E-state index contributed by atoms with van der Waals surface area (Å²) in [5.41, 5.74) is 5.92. The Labute approximate surface area is 139 Å². The Bertz CT molecular complexity index is 735. The van der Waals surface area contributed by atoms with Gasteiger partial charge in [0.05, 0.1) is 36.7 Å². The van der Waals surface area contributed by atoms with Crippen LogP contribution in [0.25, 0.3) is 0 Å². The minimum Gasteiger partial charge on any atom is -0.468 e. The highest BCUT2D eigenvalue weighted by Gasteiger charge is 2.15. The van der Waals surface area contributed by atoms with E-state index in [2.05, 4.69) is 11.4 Å². The number of nitrogens with zero attached hydrogens (tertiary/aromatic N) is 2. The molecule has 0 unspecified atom stereocenters. The SMILES string of the molecule is N#CCCN(CC(=O)Nc1ccccc1C(N)=O)Cc1ccco1. The molecule has 0 aliphatic heterocycles. The second kappa shape index (κ2) is 8.50. The Morgan fingerprint density at radius 3 is 2.71 bits per heavy atom. The summed E-state index contributed by atoms with van der Waals surface area (Å²) in [5.74, 6) is -0.200. The zero-order chi connectivity index (χ0) is 17.4. The molecule has 0 saturated carbocycles. The molecule has 0 atom stereocenters. The maximum Gasteiger partial charge on any atom is 0.250 e. The number of carbonyl (C=O) groups is 2. The Kier molecular flexibility index (Phi) is 6.11. The lowest BCUT2D eigenvalue weighted by molar-refractivity contribution is -0.117. The van der Waals surface area contributed by atoms with Gasteiger partial charge in [-0.1, -0.05) is 12.1 Å². The lowest BCUT2D eigenvalue weighted by Gasteiger charge is -2.19. The molecular formula is C17H18N4O3. The van der Waals surface area contributed by atoms with Crippen molar-refractivity contribution in [3.8, 4) is 6.07 Å². The van der Waals surface area contributed by atoms with Gasteiger partial charge in [-0.05, 0) is 24.3 Å². The second-order valence-electron chi connectivity index (χ2n) is 5.16. The fourth-order valence-electron chi connectivity index (χ4n) is 2.24. The second-order valence-corrected chi connectivity index (χ2v) is 5.16. The van der Waals surface area contributed by atoms with Gasteiger partial charge in [-0.3, -0.25) is 14.5 Å². The first-order valence-corrected chi connectivity index (χ1v) is 7.40. The van der Waals surface area contributed by atoms with Crippen LogP contribution in [-0.2, 0) is 11.3 Å². The lowest BCUT2D eigenvalue weighted by Crippen LogP contribution is -2.34. The van der Waals surface area contributed by atoms with Gasteiger partial charge in [0.2, 0.25) is 5.91 Å². The molecule has 7 nitrogen and oxygen atoms in total. The van der Waals surface area contributed by atoms with Crippen LogP contribution in [-0.4, -0.2) is 29.8 Å². The van der Waals surface area contributed by atoms with E-state index in [0.717, 1.165) is 0 Å². The molecule has 2 amide bonds. The summed E-state index contributed by atoms with van der Waals surface area (Å²) >= 11 is 0. The van der Waals surface area contributed by atoms with Crippen LogP contribution in [0.15, 0.2) is 47.1 Å². The quantitative estimate of drug-likeness (QED) is 0.767. The molecule has 0 fully saturated rings. The number of benzene rings is 1. The molecule has 0 saturated heterocycles. The van der Waals surface area contributed by atoms with Gasteiger partial charge in [0.15, 0.2) is 0 Å². The molecule has 0 aliphatic rings. The molecular weight excluding hydrogens is 308 g/mol. The summed E-state index contributed by atoms with van der Waals surface area (Å²) in [7, 11) is 0. The van der Waals surface area contributed by atoms with E-state index >= 15 is 0 Å². The number of nitriles is 1. The highest BCUT2D eigenvalue weighted by Crippen LogP contribution is 2.14. The number of nitrogens with two attached hydrogens (primary N) is 1. The van der Waals surface area contributed by atoms with Crippen molar-refractivity contribution in [1.82, 2.24) is 4.90 Å². The monoisotopic (exact) mass is 326 g/mol. The van der Waals surface area contributed by atoms with Crippen LogP contribution in [0.2, 0.25) is 0 Å². The summed E-state index contributed by atoms with van der Waals surface area (Å²) in [4.78, 5) is 25.5. The molecule has 7 heteroatoms. The Morgan fingerprint density at radius 1 is 1.25 bits per heavy atom. The summed E-state index contributed by atoms with van der Waals surface area (Å²) in [6.07, 6.45) is 1.85. The van der Waals surface area contributed by atoms with Gasteiger partial charge < -0.3 is 15.5 Å². The fourth-order valence-corrected chi connectivity index (χ4v) is 2.24. The van der Waals surface area contributed by atoms with Gasteiger partial charge in [-0.2, -0.15) is 5.26 Å². The van der Waals surface area contributed by atoms with E-state index in [4.69, 9.17) is 15.4 Å². The van der Waals surface area contributed by atoms with E-state index in [1.807, 2.05) is 0 Å². The molecule has 0 radical (unpaired) electrons. The first-order chi connectivity index (χ1) is 11.6. The van der Waals surface area contributed by atoms with Crippen molar-refractivity contribution in [2.75, 3.05) is 18.4 Å². The van der Waals surface area contributed by atoms with Gasteiger partial charge in [0.1, 0.15) is 5.76 Å². The number of hydrogen-bond acceptors (Lipinski definition) is 5. The van der Waals surface area contributed by atoms with Gasteiger partial charge in [-0.15, -0.1) is 0 Å².